The van der Waals surface area contributed by atoms with Gasteiger partial charge in [-0.1, -0.05) is 12.1 Å². The van der Waals surface area contributed by atoms with Crippen molar-refractivity contribution in [2.75, 3.05) is 5.32 Å². The predicted molar refractivity (Wildman–Crippen MR) is 74.1 cm³/mol. The molecule has 0 saturated carbocycles. The highest BCUT2D eigenvalue weighted by molar-refractivity contribution is 9.13. The van der Waals surface area contributed by atoms with E-state index in [1.54, 1.807) is 18.2 Å². The summed E-state index contributed by atoms with van der Waals surface area (Å²) in [6.07, 6.45) is 0. The summed E-state index contributed by atoms with van der Waals surface area (Å²) < 4.78 is 15.0. The molecular formula is C11H6Br2FNOS. The number of hydrogen-bond donors (Lipinski definition) is 1. The van der Waals surface area contributed by atoms with Crippen molar-refractivity contribution in [1.82, 2.24) is 0 Å². The fourth-order valence-electron chi connectivity index (χ4n) is 1.20. The number of halogens is 3. The average Bonchev–Trinajstić information content (AvgIpc) is 2.63. The lowest BCUT2D eigenvalue weighted by atomic mass is 10.3. The van der Waals surface area contributed by atoms with Gasteiger partial charge in [0.1, 0.15) is 5.82 Å². The van der Waals surface area contributed by atoms with Crippen LogP contribution in [-0.4, -0.2) is 5.91 Å². The molecule has 2 rings (SSSR count). The Labute approximate surface area is 118 Å². The van der Waals surface area contributed by atoms with Crippen molar-refractivity contribution in [3.8, 4) is 0 Å². The van der Waals surface area contributed by atoms with Crippen molar-refractivity contribution in [2.45, 2.75) is 0 Å². The third-order valence-electron chi connectivity index (χ3n) is 1.99. The van der Waals surface area contributed by atoms with Gasteiger partial charge < -0.3 is 5.32 Å². The van der Waals surface area contributed by atoms with Crippen molar-refractivity contribution < 1.29 is 9.18 Å². The van der Waals surface area contributed by atoms with Gasteiger partial charge in [0, 0.05) is 4.47 Å². The third-order valence-corrected chi connectivity index (χ3v) is 5.25. The van der Waals surface area contributed by atoms with Gasteiger partial charge >= 0.3 is 0 Å². The van der Waals surface area contributed by atoms with Crippen LogP contribution in [0.1, 0.15) is 9.67 Å². The van der Waals surface area contributed by atoms with Gasteiger partial charge in [-0.05, 0) is 50.1 Å². The van der Waals surface area contributed by atoms with Gasteiger partial charge in [-0.15, -0.1) is 11.3 Å². The molecule has 0 aliphatic carbocycles. The number of carbonyl (C=O) groups excluding carboxylic acids is 1. The van der Waals surface area contributed by atoms with Gasteiger partial charge in [-0.2, -0.15) is 0 Å². The van der Waals surface area contributed by atoms with E-state index < -0.39 is 5.82 Å². The number of anilines is 1. The molecule has 1 N–H and O–H groups in total. The molecule has 0 saturated heterocycles. The van der Waals surface area contributed by atoms with E-state index in [0.29, 0.717) is 4.88 Å². The van der Waals surface area contributed by atoms with Crippen LogP contribution in [0.5, 0.6) is 0 Å². The first-order valence-corrected chi connectivity index (χ1v) is 6.99. The maximum atomic E-state index is 13.3. The van der Waals surface area contributed by atoms with Crippen molar-refractivity contribution in [3.05, 3.63) is 49.3 Å². The topological polar surface area (TPSA) is 29.1 Å². The van der Waals surface area contributed by atoms with Crippen LogP contribution in [0.25, 0.3) is 0 Å². The predicted octanol–water partition coefficient (Wildman–Crippen LogP) is 4.66. The SMILES string of the molecule is O=C(Nc1ccccc1F)c1cc(Br)c(Br)s1. The third kappa shape index (κ3) is 2.94. The number of rotatable bonds is 2. The van der Waals surface area contributed by atoms with Gasteiger partial charge in [0.15, 0.2) is 0 Å². The number of nitrogens with one attached hydrogen (secondary N) is 1. The Bertz CT molecular complexity index is 551. The van der Waals surface area contributed by atoms with Crippen LogP contribution < -0.4 is 5.32 Å². The number of thiophene rings is 1. The summed E-state index contributed by atoms with van der Waals surface area (Å²) in [6, 6.07) is 7.74. The van der Waals surface area contributed by atoms with Gasteiger partial charge in [0.2, 0.25) is 0 Å². The highest BCUT2D eigenvalue weighted by Gasteiger charge is 2.13. The van der Waals surface area contributed by atoms with Crippen molar-refractivity contribution in [3.63, 3.8) is 0 Å². The molecule has 0 unspecified atom stereocenters. The Hall–Kier alpha value is -0.720. The van der Waals surface area contributed by atoms with Crippen LogP contribution in [0.15, 0.2) is 38.6 Å². The molecular weight excluding hydrogens is 373 g/mol. The Balaban J connectivity index is 2.20. The lowest BCUT2D eigenvalue weighted by Gasteiger charge is -2.03. The molecule has 0 spiro atoms. The fraction of sp³-hybridized carbons (Fsp3) is 0. The fourth-order valence-corrected chi connectivity index (χ4v) is 3.14. The first kappa shape index (κ1) is 12.7. The summed E-state index contributed by atoms with van der Waals surface area (Å²) >= 11 is 7.88. The zero-order chi connectivity index (χ0) is 12.4. The highest BCUT2D eigenvalue weighted by atomic mass is 79.9. The molecule has 88 valence electrons. The van der Waals surface area contributed by atoms with E-state index in [2.05, 4.69) is 37.2 Å². The van der Waals surface area contributed by atoms with E-state index in [-0.39, 0.29) is 11.6 Å². The second kappa shape index (κ2) is 5.29. The normalized spacial score (nSPS) is 10.3. The number of benzene rings is 1. The van der Waals surface area contributed by atoms with Crippen LogP contribution in [0.3, 0.4) is 0 Å². The molecule has 1 heterocycles. The van der Waals surface area contributed by atoms with Crippen molar-refractivity contribution in [2.24, 2.45) is 0 Å². The van der Waals surface area contributed by atoms with Gasteiger partial charge in [-0.25, -0.2) is 4.39 Å². The van der Waals surface area contributed by atoms with E-state index >= 15 is 0 Å². The minimum absolute atomic E-state index is 0.179. The minimum atomic E-state index is -0.449. The molecule has 0 aliphatic rings. The first-order valence-electron chi connectivity index (χ1n) is 4.58. The summed E-state index contributed by atoms with van der Waals surface area (Å²) in [6.45, 7) is 0. The first-order chi connectivity index (χ1) is 8.08. The van der Waals surface area contributed by atoms with Crippen LogP contribution in [0, 0.1) is 5.82 Å². The molecule has 2 nitrogen and oxygen atoms in total. The maximum absolute atomic E-state index is 13.3. The molecule has 0 radical (unpaired) electrons. The van der Waals surface area contributed by atoms with Crippen LogP contribution in [-0.2, 0) is 0 Å². The maximum Gasteiger partial charge on any atom is 0.265 e. The molecule has 17 heavy (non-hydrogen) atoms. The van der Waals surface area contributed by atoms with Crippen molar-refractivity contribution in [1.29, 1.82) is 0 Å². The van der Waals surface area contributed by atoms with E-state index in [4.69, 9.17) is 0 Å². The van der Waals surface area contributed by atoms with Gasteiger partial charge in [0.25, 0.3) is 5.91 Å². The second-order valence-corrected chi connectivity index (χ2v) is 6.39. The van der Waals surface area contributed by atoms with Crippen LogP contribution in [0.2, 0.25) is 0 Å². The zero-order valence-electron chi connectivity index (χ0n) is 8.34. The van der Waals surface area contributed by atoms with Gasteiger partial charge in [0.05, 0.1) is 14.4 Å². The molecule has 0 bridgehead atoms. The van der Waals surface area contributed by atoms with E-state index in [0.717, 1.165) is 8.26 Å². The zero-order valence-corrected chi connectivity index (χ0v) is 12.3. The number of hydrogen-bond acceptors (Lipinski definition) is 2. The molecule has 2 aromatic rings. The van der Waals surface area contributed by atoms with E-state index in [1.807, 2.05) is 0 Å². The van der Waals surface area contributed by atoms with E-state index in [9.17, 15) is 9.18 Å². The summed E-state index contributed by atoms with van der Waals surface area (Å²) in [5.74, 6) is -0.776. The highest BCUT2D eigenvalue weighted by Crippen LogP contribution is 2.32. The number of carbonyl (C=O) groups is 1. The molecule has 1 aromatic carbocycles. The Morgan fingerprint density at radius 3 is 2.59 bits per heavy atom. The lowest BCUT2D eigenvalue weighted by molar-refractivity contribution is 0.103. The average molecular weight is 379 g/mol. The lowest BCUT2D eigenvalue weighted by Crippen LogP contribution is -2.11. The summed E-state index contributed by atoms with van der Waals surface area (Å²) in [5.41, 5.74) is 0.179. The standard InChI is InChI=1S/C11H6Br2FNOS/c12-6-5-9(17-10(6)13)11(16)15-8-4-2-1-3-7(8)14/h1-5H,(H,15,16). The Morgan fingerprint density at radius 2 is 2.00 bits per heavy atom. The van der Waals surface area contributed by atoms with Crippen LogP contribution >= 0.6 is 43.2 Å². The van der Waals surface area contributed by atoms with Crippen LogP contribution in [0.4, 0.5) is 10.1 Å². The molecule has 1 amide bonds. The summed E-state index contributed by atoms with van der Waals surface area (Å²) in [4.78, 5) is 12.3. The largest absolute Gasteiger partial charge is 0.319 e. The van der Waals surface area contributed by atoms with Gasteiger partial charge in [-0.3, -0.25) is 4.79 Å². The van der Waals surface area contributed by atoms with E-state index in [1.165, 1.54) is 23.5 Å². The molecule has 0 fully saturated rings. The Kier molecular flexibility index (Phi) is 3.96. The Morgan fingerprint density at radius 1 is 1.29 bits per heavy atom. The number of amides is 1. The summed E-state index contributed by atoms with van der Waals surface area (Å²) in [7, 11) is 0. The smallest absolute Gasteiger partial charge is 0.265 e. The quantitative estimate of drug-likeness (QED) is 0.808. The van der Waals surface area contributed by atoms with Crippen molar-refractivity contribution >= 4 is 54.8 Å². The molecule has 1 aromatic heterocycles. The molecule has 6 heteroatoms. The minimum Gasteiger partial charge on any atom is -0.319 e. The summed E-state index contributed by atoms with van der Waals surface area (Å²) in [5, 5.41) is 2.52. The molecule has 0 atom stereocenters. The second-order valence-electron chi connectivity index (χ2n) is 3.17. The monoisotopic (exact) mass is 377 g/mol. The molecule has 0 aliphatic heterocycles. The number of para-hydroxylation sites is 1.